The van der Waals surface area contributed by atoms with Crippen molar-refractivity contribution in [1.29, 1.82) is 0 Å². The average Bonchev–Trinajstić information content (AvgIpc) is 2.83. The van der Waals surface area contributed by atoms with E-state index in [1.807, 2.05) is 7.05 Å². The Bertz CT molecular complexity index is 502. The average molecular weight is 251 g/mol. The maximum atomic E-state index is 13.3. The molecule has 96 valence electrons. The van der Waals surface area contributed by atoms with E-state index < -0.39 is 5.82 Å². The van der Waals surface area contributed by atoms with E-state index in [1.165, 1.54) is 6.07 Å². The van der Waals surface area contributed by atoms with Crippen LogP contribution in [0.25, 0.3) is 0 Å². The molecule has 0 unspecified atom stereocenters. The van der Waals surface area contributed by atoms with Gasteiger partial charge in [0.2, 0.25) is 0 Å². The predicted octanol–water partition coefficient (Wildman–Crippen LogP) is 1.55. The molecule has 1 N–H and O–H groups in total. The lowest BCUT2D eigenvalue weighted by Gasteiger charge is -2.03. The highest BCUT2D eigenvalue weighted by atomic mass is 19.1. The van der Waals surface area contributed by atoms with Gasteiger partial charge in [-0.2, -0.15) is 4.98 Å². The highest BCUT2D eigenvalue weighted by Crippen LogP contribution is 2.16. The summed E-state index contributed by atoms with van der Waals surface area (Å²) in [5.41, 5.74) is 0. The smallest absolute Gasteiger partial charge is 0.264 e. The maximum absolute atomic E-state index is 13.3. The van der Waals surface area contributed by atoms with Crippen molar-refractivity contribution in [3.8, 4) is 5.75 Å². The van der Waals surface area contributed by atoms with Crippen molar-refractivity contribution in [2.75, 3.05) is 13.6 Å². The first-order chi connectivity index (χ1) is 8.79. The molecule has 1 aromatic carbocycles. The molecule has 0 radical (unpaired) electrons. The number of likely N-dealkylation sites (N-methyl/N-ethyl adjacent to an activating group) is 1. The van der Waals surface area contributed by atoms with Crippen LogP contribution in [0.5, 0.6) is 5.75 Å². The Hall–Kier alpha value is -1.95. The number of rotatable bonds is 6. The summed E-state index contributed by atoms with van der Waals surface area (Å²) < 4.78 is 23.5. The van der Waals surface area contributed by atoms with Crippen LogP contribution in [0.4, 0.5) is 4.39 Å². The SMILES string of the molecule is CNCCc1noc(COc2ccccc2F)n1. The van der Waals surface area contributed by atoms with E-state index in [-0.39, 0.29) is 12.4 Å². The van der Waals surface area contributed by atoms with Crippen molar-refractivity contribution in [3.63, 3.8) is 0 Å². The molecule has 0 fully saturated rings. The van der Waals surface area contributed by atoms with Gasteiger partial charge in [-0.3, -0.25) is 0 Å². The molecule has 0 saturated carbocycles. The summed E-state index contributed by atoms with van der Waals surface area (Å²) in [6.45, 7) is 0.834. The third kappa shape index (κ3) is 3.27. The summed E-state index contributed by atoms with van der Waals surface area (Å²) in [6.07, 6.45) is 0.680. The predicted molar refractivity (Wildman–Crippen MR) is 62.7 cm³/mol. The van der Waals surface area contributed by atoms with Gasteiger partial charge in [-0.15, -0.1) is 0 Å². The standard InChI is InChI=1S/C12H14FN3O2/c1-14-7-6-11-15-12(18-16-11)8-17-10-5-3-2-4-9(10)13/h2-5,14H,6-8H2,1H3. The molecule has 5 nitrogen and oxygen atoms in total. The minimum absolute atomic E-state index is 0.0630. The summed E-state index contributed by atoms with van der Waals surface area (Å²) in [5, 5.41) is 6.78. The van der Waals surface area contributed by atoms with Crippen molar-refractivity contribution in [2.45, 2.75) is 13.0 Å². The van der Waals surface area contributed by atoms with E-state index >= 15 is 0 Å². The van der Waals surface area contributed by atoms with Crippen LogP contribution >= 0.6 is 0 Å². The van der Waals surface area contributed by atoms with Gasteiger partial charge in [-0.1, -0.05) is 17.3 Å². The quantitative estimate of drug-likeness (QED) is 0.844. The Labute approximate surface area is 104 Å². The third-order valence-electron chi connectivity index (χ3n) is 2.30. The fraction of sp³-hybridized carbons (Fsp3) is 0.333. The molecule has 0 spiro atoms. The number of hydrogen-bond donors (Lipinski definition) is 1. The van der Waals surface area contributed by atoms with Gasteiger partial charge >= 0.3 is 0 Å². The highest BCUT2D eigenvalue weighted by Gasteiger charge is 2.08. The number of hydrogen-bond acceptors (Lipinski definition) is 5. The van der Waals surface area contributed by atoms with Gasteiger partial charge in [0, 0.05) is 13.0 Å². The first kappa shape index (κ1) is 12.5. The van der Waals surface area contributed by atoms with E-state index in [0.29, 0.717) is 18.1 Å². The lowest BCUT2D eigenvalue weighted by Crippen LogP contribution is -2.11. The summed E-state index contributed by atoms with van der Waals surface area (Å²) in [7, 11) is 1.85. The van der Waals surface area contributed by atoms with Gasteiger partial charge in [0.05, 0.1) is 0 Å². The van der Waals surface area contributed by atoms with Gasteiger partial charge in [0.15, 0.2) is 24.0 Å². The van der Waals surface area contributed by atoms with Gasteiger partial charge in [-0.25, -0.2) is 4.39 Å². The molecule has 1 heterocycles. The number of nitrogens with one attached hydrogen (secondary N) is 1. The lowest BCUT2D eigenvalue weighted by molar-refractivity contribution is 0.234. The van der Waals surface area contributed by atoms with E-state index in [9.17, 15) is 4.39 Å². The normalized spacial score (nSPS) is 10.6. The topological polar surface area (TPSA) is 60.2 Å². The second-order valence-corrected chi connectivity index (χ2v) is 3.68. The first-order valence-corrected chi connectivity index (χ1v) is 5.63. The molecule has 0 aliphatic carbocycles. The Morgan fingerprint density at radius 1 is 1.39 bits per heavy atom. The number of para-hydroxylation sites is 1. The van der Waals surface area contributed by atoms with Gasteiger partial charge in [-0.05, 0) is 19.2 Å². The zero-order valence-corrected chi connectivity index (χ0v) is 10.0. The van der Waals surface area contributed by atoms with Crippen molar-refractivity contribution in [3.05, 3.63) is 41.8 Å². The van der Waals surface area contributed by atoms with Gasteiger partial charge in [0.1, 0.15) is 0 Å². The van der Waals surface area contributed by atoms with Crippen LogP contribution in [0.2, 0.25) is 0 Å². The molecule has 0 saturated heterocycles. The summed E-state index contributed by atoms with van der Waals surface area (Å²) in [4.78, 5) is 4.13. The van der Waals surface area contributed by atoms with Crippen LogP contribution in [0, 0.1) is 5.82 Å². The Morgan fingerprint density at radius 2 is 2.22 bits per heavy atom. The molecule has 0 atom stereocenters. The molecular formula is C12H14FN3O2. The highest BCUT2D eigenvalue weighted by molar-refractivity contribution is 5.23. The van der Waals surface area contributed by atoms with Crippen LogP contribution < -0.4 is 10.1 Å². The van der Waals surface area contributed by atoms with Crippen LogP contribution in [-0.4, -0.2) is 23.7 Å². The molecule has 0 aliphatic rings. The third-order valence-corrected chi connectivity index (χ3v) is 2.30. The monoisotopic (exact) mass is 251 g/mol. The van der Waals surface area contributed by atoms with Crippen molar-refractivity contribution < 1.29 is 13.7 Å². The molecule has 2 rings (SSSR count). The van der Waals surface area contributed by atoms with Crippen LogP contribution in [0.3, 0.4) is 0 Å². The van der Waals surface area contributed by atoms with Crippen LogP contribution in [0.15, 0.2) is 28.8 Å². The minimum Gasteiger partial charge on any atom is -0.481 e. The largest absolute Gasteiger partial charge is 0.481 e. The number of benzene rings is 1. The van der Waals surface area contributed by atoms with Gasteiger partial charge in [0.25, 0.3) is 5.89 Å². The Balaban J connectivity index is 1.90. The Morgan fingerprint density at radius 3 is 3.00 bits per heavy atom. The second-order valence-electron chi connectivity index (χ2n) is 3.68. The molecule has 0 amide bonds. The molecule has 1 aromatic heterocycles. The fourth-order valence-electron chi connectivity index (χ4n) is 1.39. The number of halogens is 1. The van der Waals surface area contributed by atoms with Crippen LogP contribution in [-0.2, 0) is 13.0 Å². The van der Waals surface area contributed by atoms with Crippen LogP contribution in [0.1, 0.15) is 11.7 Å². The molecule has 18 heavy (non-hydrogen) atoms. The fourth-order valence-corrected chi connectivity index (χ4v) is 1.39. The van der Waals surface area contributed by atoms with Crippen molar-refractivity contribution in [1.82, 2.24) is 15.5 Å². The zero-order valence-electron chi connectivity index (χ0n) is 10.0. The molecule has 6 heteroatoms. The van der Waals surface area contributed by atoms with E-state index in [2.05, 4.69) is 15.5 Å². The molecule has 2 aromatic rings. The zero-order chi connectivity index (χ0) is 12.8. The Kier molecular flexibility index (Phi) is 4.25. The molecule has 0 bridgehead atoms. The molecular weight excluding hydrogens is 237 g/mol. The van der Waals surface area contributed by atoms with Crippen molar-refractivity contribution >= 4 is 0 Å². The van der Waals surface area contributed by atoms with Crippen molar-refractivity contribution in [2.24, 2.45) is 0 Å². The van der Waals surface area contributed by atoms with E-state index in [1.54, 1.807) is 18.2 Å². The number of aromatic nitrogens is 2. The minimum atomic E-state index is -0.410. The molecule has 0 aliphatic heterocycles. The first-order valence-electron chi connectivity index (χ1n) is 5.63. The van der Waals surface area contributed by atoms with E-state index in [0.717, 1.165) is 6.54 Å². The summed E-state index contributed by atoms with van der Waals surface area (Å²) >= 11 is 0. The summed E-state index contributed by atoms with van der Waals surface area (Å²) in [6, 6.07) is 6.18. The number of ether oxygens (including phenoxy) is 1. The second kappa shape index (κ2) is 6.11. The summed E-state index contributed by atoms with van der Waals surface area (Å²) in [5.74, 6) is 0.709. The lowest BCUT2D eigenvalue weighted by atomic mass is 10.3. The number of nitrogens with zero attached hydrogens (tertiary/aromatic N) is 2. The van der Waals surface area contributed by atoms with E-state index in [4.69, 9.17) is 9.26 Å². The maximum Gasteiger partial charge on any atom is 0.264 e. The van der Waals surface area contributed by atoms with Gasteiger partial charge < -0.3 is 14.6 Å².